The number of hydrogen-bond acceptors (Lipinski definition) is 4. The number of rotatable bonds is 5. The summed E-state index contributed by atoms with van der Waals surface area (Å²) in [5.74, 6) is -0.0794. The molecule has 0 fully saturated rings. The number of pyridine rings is 1. The van der Waals surface area contributed by atoms with Gasteiger partial charge in [-0.3, -0.25) is 9.78 Å². The number of carbonyl (C=O) groups is 1. The first-order chi connectivity index (χ1) is 12.8. The number of nitrogens with one attached hydrogen (secondary N) is 1. The van der Waals surface area contributed by atoms with Crippen molar-refractivity contribution in [3.05, 3.63) is 88.9 Å². The fourth-order valence-electron chi connectivity index (χ4n) is 2.67. The Morgan fingerprint density at radius 1 is 0.885 bits per heavy atom. The van der Waals surface area contributed by atoms with Gasteiger partial charge < -0.3 is 5.32 Å². The lowest BCUT2D eigenvalue weighted by Crippen LogP contribution is -2.22. The average molecular weight is 377 g/mol. The van der Waals surface area contributed by atoms with Crippen molar-refractivity contribution in [2.24, 2.45) is 0 Å². The highest BCUT2D eigenvalue weighted by atomic mass is 32.1. The summed E-state index contributed by atoms with van der Waals surface area (Å²) in [4.78, 5) is 19.1. The molecule has 0 saturated carbocycles. The highest BCUT2D eigenvalue weighted by Crippen LogP contribution is 2.25. The van der Waals surface area contributed by atoms with E-state index in [1.807, 2.05) is 53.4 Å². The minimum Gasteiger partial charge on any atom is -0.348 e. The van der Waals surface area contributed by atoms with E-state index in [1.54, 1.807) is 28.9 Å². The zero-order chi connectivity index (χ0) is 17.8. The van der Waals surface area contributed by atoms with Crippen LogP contribution in [0.1, 0.15) is 15.9 Å². The van der Waals surface area contributed by atoms with Gasteiger partial charge in [0.05, 0.1) is 0 Å². The van der Waals surface area contributed by atoms with Crippen LogP contribution in [0.4, 0.5) is 0 Å². The molecule has 3 nitrogen and oxygen atoms in total. The molecule has 0 aliphatic rings. The molecule has 0 radical (unpaired) electrons. The van der Waals surface area contributed by atoms with Crippen molar-refractivity contribution in [2.45, 2.75) is 6.54 Å². The van der Waals surface area contributed by atoms with E-state index < -0.39 is 0 Å². The van der Waals surface area contributed by atoms with Gasteiger partial charge in [-0.15, -0.1) is 22.7 Å². The average Bonchev–Trinajstić information content (AvgIpc) is 3.40. The first-order valence-corrected chi connectivity index (χ1v) is 9.95. The van der Waals surface area contributed by atoms with Crippen LogP contribution >= 0.6 is 22.7 Å². The van der Waals surface area contributed by atoms with Crippen molar-refractivity contribution in [1.82, 2.24) is 10.3 Å². The third-order valence-electron chi connectivity index (χ3n) is 4.01. The molecule has 0 spiro atoms. The summed E-state index contributed by atoms with van der Waals surface area (Å²) < 4.78 is 0. The Balaban J connectivity index is 1.42. The molecular formula is C21H16N2OS2. The predicted molar refractivity (Wildman–Crippen MR) is 108 cm³/mol. The summed E-state index contributed by atoms with van der Waals surface area (Å²) in [6.07, 6.45) is 3.64. The Labute approximate surface area is 160 Å². The minimum atomic E-state index is -0.0794. The smallest absolute Gasteiger partial charge is 0.251 e. The molecule has 4 rings (SSSR count). The molecule has 3 aromatic heterocycles. The van der Waals surface area contributed by atoms with Crippen LogP contribution in [0.2, 0.25) is 0 Å². The van der Waals surface area contributed by atoms with E-state index in [2.05, 4.69) is 28.5 Å². The van der Waals surface area contributed by atoms with Crippen molar-refractivity contribution in [1.29, 1.82) is 0 Å². The number of aromatic nitrogens is 1. The summed E-state index contributed by atoms with van der Waals surface area (Å²) in [5, 5.41) is 7.06. The number of amides is 1. The van der Waals surface area contributed by atoms with Gasteiger partial charge in [-0.05, 0) is 52.2 Å². The summed E-state index contributed by atoms with van der Waals surface area (Å²) in [7, 11) is 0. The fraction of sp³-hybridized carbons (Fsp3) is 0.0476. The van der Waals surface area contributed by atoms with Gasteiger partial charge >= 0.3 is 0 Å². The standard InChI is InChI=1S/C21H16N2OS2/c24-21(17-7-5-16(6-8-17)19-3-1-9-25-19)23-13-15-11-18(14-22-12-15)20-4-2-10-26-20/h1-12,14H,13H2,(H,23,24). The molecule has 5 heteroatoms. The van der Waals surface area contributed by atoms with Crippen LogP contribution in [-0.4, -0.2) is 10.9 Å². The predicted octanol–water partition coefficient (Wildman–Crippen LogP) is 5.47. The summed E-state index contributed by atoms with van der Waals surface area (Å²) >= 11 is 3.37. The van der Waals surface area contributed by atoms with Crippen LogP contribution in [-0.2, 0) is 6.54 Å². The number of thiophene rings is 2. The quantitative estimate of drug-likeness (QED) is 0.502. The molecule has 1 aromatic carbocycles. The van der Waals surface area contributed by atoms with E-state index >= 15 is 0 Å². The Hall–Kier alpha value is -2.76. The largest absolute Gasteiger partial charge is 0.348 e. The molecule has 0 aliphatic heterocycles. The van der Waals surface area contributed by atoms with E-state index in [0.29, 0.717) is 12.1 Å². The van der Waals surface area contributed by atoms with Crippen LogP contribution in [0.3, 0.4) is 0 Å². The zero-order valence-corrected chi connectivity index (χ0v) is 15.5. The summed E-state index contributed by atoms with van der Waals surface area (Å²) in [6.45, 7) is 0.456. The second kappa shape index (κ2) is 7.64. The van der Waals surface area contributed by atoms with Crippen molar-refractivity contribution >= 4 is 28.6 Å². The highest BCUT2D eigenvalue weighted by molar-refractivity contribution is 7.13. The third-order valence-corrected chi connectivity index (χ3v) is 5.84. The Bertz CT molecular complexity index is 991. The molecule has 26 heavy (non-hydrogen) atoms. The summed E-state index contributed by atoms with van der Waals surface area (Å²) in [5.41, 5.74) is 3.85. The number of benzene rings is 1. The fourth-order valence-corrected chi connectivity index (χ4v) is 4.12. The first kappa shape index (κ1) is 16.7. The maximum absolute atomic E-state index is 12.4. The summed E-state index contributed by atoms with van der Waals surface area (Å²) in [6, 6.07) is 18.0. The van der Waals surface area contributed by atoms with Crippen molar-refractivity contribution in [3.63, 3.8) is 0 Å². The lowest BCUT2D eigenvalue weighted by Gasteiger charge is -2.07. The molecule has 1 amide bonds. The van der Waals surface area contributed by atoms with Crippen molar-refractivity contribution in [3.8, 4) is 20.9 Å². The van der Waals surface area contributed by atoms with Gasteiger partial charge in [0.1, 0.15) is 0 Å². The second-order valence-corrected chi connectivity index (χ2v) is 7.69. The maximum Gasteiger partial charge on any atom is 0.251 e. The van der Waals surface area contributed by atoms with E-state index in [0.717, 1.165) is 16.7 Å². The van der Waals surface area contributed by atoms with Gasteiger partial charge in [0.2, 0.25) is 0 Å². The third kappa shape index (κ3) is 3.74. The van der Waals surface area contributed by atoms with Crippen LogP contribution in [0, 0.1) is 0 Å². The van der Waals surface area contributed by atoms with Gasteiger partial charge in [-0.1, -0.05) is 24.3 Å². The molecule has 0 atom stereocenters. The van der Waals surface area contributed by atoms with E-state index in [1.165, 1.54) is 9.75 Å². The minimum absolute atomic E-state index is 0.0794. The maximum atomic E-state index is 12.4. The van der Waals surface area contributed by atoms with Gasteiger partial charge in [0, 0.05) is 39.8 Å². The molecule has 1 N–H and O–H groups in total. The molecular weight excluding hydrogens is 360 g/mol. The topological polar surface area (TPSA) is 42.0 Å². The van der Waals surface area contributed by atoms with Gasteiger partial charge in [-0.2, -0.15) is 0 Å². The monoisotopic (exact) mass is 376 g/mol. The van der Waals surface area contributed by atoms with Crippen LogP contribution in [0.15, 0.2) is 77.8 Å². The molecule has 4 aromatic rings. The van der Waals surface area contributed by atoms with Gasteiger partial charge in [-0.25, -0.2) is 0 Å². The normalized spacial score (nSPS) is 10.6. The molecule has 0 unspecified atom stereocenters. The number of hydrogen-bond donors (Lipinski definition) is 1. The van der Waals surface area contributed by atoms with Crippen LogP contribution < -0.4 is 5.32 Å². The first-order valence-electron chi connectivity index (χ1n) is 8.19. The van der Waals surface area contributed by atoms with E-state index in [9.17, 15) is 4.79 Å². The van der Waals surface area contributed by atoms with Gasteiger partial charge in [0.25, 0.3) is 5.91 Å². The molecule has 128 valence electrons. The lowest BCUT2D eigenvalue weighted by atomic mass is 10.1. The molecule has 3 heterocycles. The molecule has 0 bridgehead atoms. The van der Waals surface area contributed by atoms with Gasteiger partial charge in [0.15, 0.2) is 0 Å². The van der Waals surface area contributed by atoms with E-state index in [4.69, 9.17) is 0 Å². The number of carbonyl (C=O) groups excluding carboxylic acids is 1. The van der Waals surface area contributed by atoms with E-state index in [-0.39, 0.29) is 5.91 Å². The lowest BCUT2D eigenvalue weighted by molar-refractivity contribution is 0.0951. The SMILES string of the molecule is O=C(NCc1cncc(-c2cccs2)c1)c1ccc(-c2cccs2)cc1. The highest BCUT2D eigenvalue weighted by Gasteiger charge is 2.07. The zero-order valence-electron chi connectivity index (χ0n) is 13.9. The van der Waals surface area contributed by atoms with Crippen molar-refractivity contribution in [2.75, 3.05) is 0 Å². The Morgan fingerprint density at radius 2 is 1.58 bits per heavy atom. The van der Waals surface area contributed by atoms with Crippen molar-refractivity contribution < 1.29 is 4.79 Å². The van der Waals surface area contributed by atoms with Crippen LogP contribution in [0.5, 0.6) is 0 Å². The Kier molecular flexibility index (Phi) is 4.91. The second-order valence-electron chi connectivity index (χ2n) is 5.80. The molecule has 0 saturated heterocycles. The Morgan fingerprint density at radius 3 is 2.23 bits per heavy atom. The van der Waals surface area contributed by atoms with Crippen LogP contribution in [0.25, 0.3) is 20.9 Å². The molecule has 0 aliphatic carbocycles. The number of nitrogens with zero attached hydrogens (tertiary/aromatic N) is 1.